The van der Waals surface area contributed by atoms with Crippen molar-refractivity contribution in [3.63, 3.8) is 0 Å². The molecule has 0 aromatic heterocycles. The predicted molar refractivity (Wildman–Crippen MR) is 84.0 cm³/mol. The first-order valence-corrected chi connectivity index (χ1v) is 6.48. The third-order valence-corrected chi connectivity index (χ3v) is 3.36. The van der Waals surface area contributed by atoms with Crippen LogP contribution < -0.4 is 5.32 Å². The molecule has 0 radical (unpaired) electrons. The lowest BCUT2D eigenvalue weighted by atomic mass is 9.92. The zero-order valence-corrected chi connectivity index (χ0v) is 12.0. The van der Waals surface area contributed by atoms with Crippen molar-refractivity contribution >= 4 is 18.3 Å². The molecule has 1 amide bonds. The summed E-state index contributed by atoms with van der Waals surface area (Å²) < 4.78 is 0. The number of hydrogen-bond acceptors (Lipinski definition) is 2. The number of carbonyl (C=O) groups is 1. The van der Waals surface area contributed by atoms with Crippen molar-refractivity contribution in [3.05, 3.63) is 53.1 Å². The molecule has 1 N–H and O–H groups in total. The van der Waals surface area contributed by atoms with Gasteiger partial charge in [0.25, 0.3) is 5.91 Å². The van der Waals surface area contributed by atoms with Crippen LogP contribution in [0.2, 0.25) is 0 Å². The molecule has 2 aromatic rings. The van der Waals surface area contributed by atoms with E-state index in [0.717, 1.165) is 16.7 Å². The topological polar surface area (TPSA) is 41.5 Å². The van der Waals surface area contributed by atoms with Crippen LogP contribution in [0.3, 0.4) is 0 Å². The predicted octanol–water partition coefficient (Wildman–Crippen LogP) is 3.66. The van der Waals surface area contributed by atoms with Gasteiger partial charge in [-0.15, -0.1) is 0 Å². The minimum atomic E-state index is -0.147. The second kappa shape index (κ2) is 5.70. The van der Waals surface area contributed by atoms with E-state index in [9.17, 15) is 4.79 Å². The molecule has 0 bridgehead atoms. The summed E-state index contributed by atoms with van der Waals surface area (Å²) >= 11 is 0. The molecular formula is C17H18N2O. The lowest BCUT2D eigenvalue weighted by Gasteiger charge is -2.14. The molecular weight excluding hydrogens is 248 g/mol. The van der Waals surface area contributed by atoms with Gasteiger partial charge >= 0.3 is 0 Å². The van der Waals surface area contributed by atoms with Crippen molar-refractivity contribution < 1.29 is 4.79 Å². The van der Waals surface area contributed by atoms with Crippen LogP contribution in [-0.4, -0.2) is 19.7 Å². The van der Waals surface area contributed by atoms with Gasteiger partial charge in [0.1, 0.15) is 0 Å². The minimum absolute atomic E-state index is 0.147. The van der Waals surface area contributed by atoms with Gasteiger partial charge < -0.3 is 5.32 Å². The van der Waals surface area contributed by atoms with E-state index in [1.807, 2.05) is 50.2 Å². The highest BCUT2D eigenvalue weighted by Gasteiger charge is 2.18. The Balaban J connectivity index is 2.76. The maximum atomic E-state index is 12.2. The van der Waals surface area contributed by atoms with Crippen molar-refractivity contribution in [2.24, 2.45) is 4.99 Å². The Hall–Kier alpha value is -2.42. The Bertz CT molecular complexity index is 657. The Labute approximate surface area is 119 Å². The summed E-state index contributed by atoms with van der Waals surface area (Å²) in [5.41, 5.74) is 5.33. The van der Waals surface area contributed by atoms with Crippen LogP contribution >= 0.6 is 0 Å². The Morgan fingerprint density at radius 2 is 1.75 bits per heavy atom. The normalized spacial score (nSPS) is 10.2. The van der Waals surface area contributed by atoms with E-state index in [-0.39, 0.29) is 5.91 Å². The van der Waals surface area contributed by atoms with Gasteiger partial charge in [-0.3, -0.25) is 9.79 Å². The van der Waals surface area contributed by atoms with Crippen molar-refractivity contribution in [1.82, 2.24) is 5.32 Å². The molecule has 0 heterocycles. The third-order valence-electron chi connectivity index (χ3n) is 3.36. The molecule has 20 heavy (non-hydrogen) atoms. The molecule has 2 aromatic carbocycles. The SMILES string of the molecule is C=Nc1ccc(C)c(-c2ccc(C)cc2)c1C(=O)NC. The van der Waals surface area contributed by atoms with E-state index in [1.54, 1.807) is 7.05 Å². The lowest BCUT2D eigenvalue weighted by molar-refractivity contribution is 0.0964. The number of aliphatic imine (C=N–C) groups is 1. The molecule has 0 spiro atoms. The summed E-state index contributed by atoms with van der Waals surface area (Å²) in [6.45, 7) is 7.59. The van der Waals surface area contributed by atoms with Gasteiger partial charge in [-0.05, 0) is 43.3 Å². The van der Waals surface area contributed by atoms with Gasteiger partial charge in [0.05, 0.1) is 11.3 Å². The third kappa shape index (κ3) is 2.48. The molecule has 0 aliphatic heterocycles. The number of benzene rings is 2. The first-order chi connectivity index (χ1) is 9.58. The maximum Gasteiger partial charge on any atom is 0.253 e. The van der Waals surface area contributed by atoms with E-state index in [4.69, 9.17) is 0 Å². The molecule has 0 unspecified atom stereocenters. The number of aryl methyl sites for hydroxylation is 2. The van der Waals surface area contributed by atoms with Gasteiger partial charge in [-0.25, -0.2) is 0 Å². The number of nitrogens with one attached hydrogen (secondary N) is 1. The van der Waals surface area contributed by atoms with Gasteiger partial charge in [0, 0.05) is 7.05 Å². The van der Waals surface area contributed by atoms with E-state index in [2.05, 4.69) is 17.0 Å². The molecule has 3 nitrogen and oxygen atoms in total. The summed E-state index contributed by atoms with van der Waals surface area (Å²) in [5, 5.41) is 2.68. The second-order valence-corrected chi connectivity index (χ2v) is 4.75. The maximum absolute atomic E-state index is 12.2. The molecule has 0 aliphatic carbocycles. The van der Waals surface area contributed by atoms with Crippen molar-refractivity contribution in [2.45, 2.75) is 13.8 Å². The van der Waals surface area contributed by atoms with Crippen LogP contribution in [0.5, 0.6) is 0 Å². The van der Waals surface area contributed by atoms with Crippen molar-refractivity contribution in [1.29, 1.82) is 0 Å². The van der Waals surface area contributed by atoms with Crippen molar-refractivity contribution in [3.8, 4) is 11.1 Å². The van der Waals surface area contributed by atoms with Crippen LogP contribution in [0.25, 0.3) is 11.1 Å². The van der Waals surface area contributed by atoms with Crippen LogP contribution in [0.1, 0.15) is 21.5 Å². The van der Waals surface area contributed by atoms with Crippen LogP contribution in [-0.2, 0) is 0 Å². The average Bonchev–Trinajstić information content (AvgIpc) is 2.47. The number of nitrogens with zero attached hydrogens (tertiary/aromatic N) is 1. The number of carbonyl (C=O) groups excluding carboxylic acids is 1. The summed E-state index contributed by atoms with van der Waals surface area (Å²) in [5.74, 6) is -0.147. The van der Waals surface area contributed by atoms with Gasteiger partial charge in [0.2, 0.25) is 0 Å². The zero-order chi connectivity index (χ0) is 14.7. The van der Waals surface area contributed by atoms with E-state index in [1.165, 1.54) is 5.56 Å². The molecule has 102 valence electrons. The Kier molecular flexibility index (Phi) is 3.99. The molecule has 2 rings (SSSR count). The Morgan fingerprint density at radius 3 is 2.30 bits per heavy atom. The first-order valence-electron chi connectivity index (χ1n) is 6.48. The monoisotopic (exact) mass is 266 g/mol. The molecule has 0 saturated heterocycles. The quantitative estimate of drug-likeness (QED) is 0.846. The highest BCUT2D eigenvalue weighted by atomic mass is 16.1. The van der Waals surface area contributed by atoms with Crippen LogP contribution in [0.4, 0.5) is 5.69 Å². The zero-order valence-electron chi connectivity index (χ0n) is 12.0. The Morgan fingerprint density at radius 1 is 1.10 bits per heavy atom. The fraction of sp³-hybridized carbons (Fsp3) is 0.176. The number of amides is 1. The molecule has 0 saturated carbocycles. The van der Waals surface area contributed by atoms with Gasteiger partial charge in [-0.1, -0.05) is 35.9 Å². The highest BCUT2D eigenvalue weighted by molar-refractivity contribution is 6.06. The molecule has 0 aliphatic rings. The number of rotatable bonds is 3. The van der Waals surface area contributed by atoms with Crippen LogP contribution in [0.15, 0.2) is 41.4 Å². The molecule has 0 atom stereocenters. The van der Waals surface area contributed by atoms with Gasteiger partial charge in [0.15, 0.2) is 0 Å². The minimum Gasteiger partial charge on any atom is -0.355 e. The van der Waals surface area contributed by atoms with Gasteiger partial charge in [-0.2, -0.15) is 0 Å². The first kappa shape index (κ1) is 14.0. The fourth-order valence-corrected chi connectivity index (χ4v) is 2.27. The summed E-state index contributed by atoms with van der Waals surface area (Å²) in [6, 6.07) is 11.9. The summed E-state index contributed by atoms with van der Waals surface area (Å²) in [6.07, 6.45) is 0. The van der Waals surface area contributed by atoms with E-state index in [0.29, 0.717) is 11.3 Å². The molecule has 0 fully saturated rings. The van der Waals surface area contributed by atoms with E-state index < -0.39 is 0 Å². The van der Waals surface area contributed by atoms with Crippen molar-refractivity contribution in [2.75, 3.05) is 7.05 Å². The fourth-order valence-electron chi connectivity index (χ4n) is 2.27. The average molecular weight is 266 g/mol. The lowest BCUT2D eigenvalue weighted by Crippen LogP contribution is -2.19. The smallest absolute Gasteiger partial charge is 0.253 e. The summed E-state index contributed by atoms with van der Waals surface area (Å²) in [7, 11) is 1.62. The highest BCUT2D eigenvalue weighted by Crippen LogP contribution is 2.34. The summed E-state index contributed by atoms with van der Waals surface area (Å²) in [4.78, 5) is 16.2. The van der Waals surface area contributed by atoms with Crippen LogP contribution in [0, 0.1) is 13.8 Å². The molecule has 3 heteroatoms. The van der Waals surface area contributed by atoms with E-state index >= 15 is 0 Å². The second-order valence-electron chi connectivity index (χ2n) is 4.75. The largest absolute Gasteiger partial charge is 0.355 e. The number of hydrogen-bond donors (Lipinski definition) is 1. The standard InChI is InChI=1S/C17H18N2O/c1-11-5-8-13(9-6-11)15-12(2)7-10-14(18-3)16(15)17(20)19-4/h5-10H,3H2,1-2,4H3,(H,19,20).